The van der Waals surface area contributed by atoms with Crippen LogP contribution in [0.1, 0.15) is 24.2 Å². The van der Waals surface area contributed by atoms with Crippen LogP contribution in [-0.2, 0) is 4.79 Å². The fourth-order valence-corrected chi connectivity index (χ4v) is 2.63. The number of rotatable bonds is 4. The number of carboxylic acid groups (broad SMARTS) is 1. The number of carboxylic acids is 1. The lowest BCUT2D eigenvalue weighted by Crippen LogP contribution is -2.44. The molecule has 0 fully saturated rings. The van der Waals surface area contributed by atoms with E-state index in [1.54, 1.807) is 32.0 Å². The Kier molecular flexibility index (Phi) is 5.34. The van der Waals surface area contributed by atoms with Crippen LogP contribution < -0.4 is 5.32 Å². The molecule has 0 aromatic heterocycles. The van der Waals surface area contributed by atoms with Crippen molar-refractivity contribution in [2.24, 2.45) is 5.92 Å². The molecule has 0 aliphatic heterocycles. The second-order valence-corrected chi connectivity index (χ2v) is 5.93. The van der Waals surface area contributed by atoms with E-state index in [1.807, 2.05) is 0 Å². The molecule has 0 unspecified atom stereocenters. The molecule has 0 aliphatic carbocycles. The molecule has 6 heteroatoms. The van der Waals surface area contributed by atoms with Gasteiger partial charge in [-0.05, 0) is 40.0 Å². The van der Waals surface area contributed by atoms with Crippen LogP contribution in [0.2, 0.25) is 0 Å². The first-order chi connectivity index (χ1) is 8.32. The molecule has 1 aromatic carbocycles. The summed E-state index contributed by atoms with van der Waals surface area (Å²) >= 11 is 6.56. The van der Waals surface area contributed by atoms with Crippen LogP contribution in [0.4, 0.5) is 0 Å². The number of amides is 1. The number of nitrogens with one attached hydrogen (secondary N) is 1. The molecular weight excluding hydrogens is 366 g/mol. The van der Waals surface area contributed by atoms with Gasteiger partial charge < -0.3 is 10.4 Å². The van der Waals surface area contributed by atoms with Crippen molar-refractivity contribution in [1.82, 2.24) is 5.32 Å². The molecule has 0 spiro atoms. The smallest absolute Gasteiger partial charge is 0.326 e. The molecule has 1 amide bonds. The minimum atomic E-state index is -1.04. The highest BCUT2D eigenvalue weighted by molar-refractivity contribution is 9.11. The highest BCUT2D eigenvalue weighted by Gasteiger charge is 2.24. The van der Waals surface area contributed by atoms with Gasteiger partial charge in [-0.2, -0.15) is 0 Å². The molecule has 1 aromatic rings. The molecule has 0 saturated carbocycles. The number of aliphatic carboxylic acids is 1. The third kappa shape index (κ3) is 3.81. The molecule has 18 heavy (non-hydrogen) atoms. The summed E-state index contributed by atoms with van der Waals surface area (Å²) in [5, 5.41) is 11.5. The van der Waals surface area contributed by atoms with Crippen LogP contribution in [0.15, 0.2) is 27.1 Å². The molecule has 1 rings (SSSR count). The summed E-state index contributed by atoms with van der Waals surface area (Å²) in [7, 11) is 0. The number of carbonyl (C=O) groups is 2. The summed E-state index contributed by atoms with van der Waals surface area (Å²) < 4.78 is 1.45. The first kappa shape index (κ1) is 15.2. The molecule has 0 aliphatic rings. The summed E-state index contributed by atoms with van der Waals surface area (Å²) in [4.78, 5) is 23.0. The van der Waals surface area contributed by atoms with Crippen molar-refractivity contribution in [2.45, 2.75) is 19.9 Å². The van der Waals surface area contributed by atoms with Crippen molar-refractivity contribution < 1.29 is 14.7 Å². The molecule has 1 atom stereocenters. The van der Waals surface area contributed by atoms with E-state index in [-0.39, 0.29) is 5.92 Å². The van der Waals surface area contributed by atoms with E-state index in [9.17, 15) is 9.59 Å². The zero-order valence-corrected chi connectivity index (χ0v) is 13.1. The summed E-state index contributed by atoms with van der Waals surface area (Å²) in [5.74, 6) is -1.62. The quantitative estimate of drug-likeness (QED) is 0.846. The van der Waals surface area contributed by atoms with Gasteiger partial charge in [-0.25, -0.2) is 4.79 Å². The SMILES string of the molecule is CC(C)[C@H](NC(=O)c1ccc(Br)cc1Br)C(=O)O. The zero-order valence-electron chi connectivity index (χ0n) is 9.91. The maximum atomic E-state index is 12.0. The molecule has 0 radical (unpaired) electrons. The summed E-state index contributed by atoms with van der Waals surface area (Å²) in [6.45, 7) is 3.49. The Labute approximate surface area is 122 Å². The van der Waals surface area contributed by atoms with E-state index in [2.05, 4.69) is 37.2 Å². The van der Waals surface area contributed by atoms with Crippen LogP contribution in [0.5, 0.6) is 0 Å². The van der Waals surface area contributed by atoms with Gasteiger partial charge in [0.05, 0.1) is 5.56 Å². The highest BCUT2D eigenvalue weighted by Crippen LogP contribution is 2.22. The lowest BCUT2D eigenvalue weighted by Gasteiger charge is -2.18. The van der Waals surface area contributed by atoms with E-state index in [4.69, 9.17) is 5.11 Å². The minimum Gasteiger partial charge on any atom is -0.480 e. The van der Waals surface area contributed by atoms with E-state index >= 15 is 0 Å². The Balaban J connectivity index is 2.91. The van der Waals surface area contributed by atoms with E-state index in [1.165, 1.54) is 0 Å². The molecule has 0 saturated heterocycles. The Morgan fingerprint density at radius 1 is 1.28 bits per heavy atom. The number of hydrogen-bond acceptors (Lipinski definition) is 2. The van der Waals surface area contributed by atoms with Crippen LogP contribution >= 0.6 is 31.9 Å². The van der Waals surface area contributed by atoms with Crippen molar-refractivity contribution in [3.63, 3.8) is 0 Å². The van der Waals surface area contributed by atoms with Gasteiger partial charge in [0.1, 0.15) is 6.04 Å². The second-order valence-electron chi connectivity index (χ2n) is 4.16. The first-order valence-electron chi connectivity index (χ1n) is 5.31. The summed E-state index contributed by atoms with van der Waals surface area (Å²) in [6, 6.07) is 4.20. The number of hydrogen-bond donors (Lipinski definition) is 2. The van der Waals surface area contributed by atoms with E-state index in [0.29, 0.717) is 10.0 Å². The van der Waals surface area contributed by atoms with Crippen molar-refractivity contribution in [1.29, 1.82) is 0 Å². The Morgan fingerprint density at radius 2 is 1.89 bits per heavy atom. The number of benzene rings is 1. The predicted octanol–water partition coefficient (Wildman–Crippen LogP) is 3.05. The van der Waals surface area contributed by atoms with Gasteiger partial charge >= 0.3 is 5.97 Å². The largest absolute Gasteiger partial charge is 0.480 e. The molecule has 0 bridgehead atoms. The third-order valence-corrected chi connectivity index (χ3v) is 3.54. The minimum absolute atomic E-state index is 0.180. The van der Waals surface area contributed by atoms with E-state index < -0.39 is 17.9 Å². The maximum Gasteiger partial charge on any atom is 0.326 e. The fraction of sp³-hybridized carbons (Fsp3) is 0.333. The van der Waals surface area contributed by atoms with E-state index in [0.717, 1.165) is 4.47 Å². The highest BCUT2D eigenvalue weighted by atomic mass is 79.9. The normalized spacial score (nSPS) is 12.3. The second kappa shape index (κ2) is 6.33. The van der Waals surface area contributed by atoms with Crippen LogP contribution in [0, 0.1) is 5.92 Å². The average Bonchev–Trinajstić information content (AvgIpc) is 2.24. The number of carbonyl (C=O) groups excluding carboxylic acids is 1. The lowest BCUT2D eigenvalue weighted by molar-refractivity contribution is -0.140. The standard InChI is InChI=1S/C12H13Br2NO3/c1-6(2)10(12(17)18)15-11(16)8-4-3-7(13)5-9(8)14/h3-6,10H,1-2H3,(H,15,16)(H,17,18)/t10-/m0/s1. The molecule has 98 valence electrons. The van der Waals surface area contributed by atoms with Gasteiger partial charge in [0.15, 0.2) is 0 Å². The zero-order chi connectivity index (χ0) is 13.9. The van der Waals surface area contributed by atoms with Crippen LogP contribution in [-0.4, -0.2) is 23.0 Å². The topological polar surface area (TPSA) is 66.4 Å². The van der Waals surface area contributed by atoms with Crippen molar-refractivity contribution in [2.75, 3.05) is 0 Å². The molecule has 4 nitrogen and oxygen atoms in total. The van der Waals surface area contributed by atoms with Crippen molar-refractivity contribution >= 4 is 43.7 Å². The first-order valence-corrected chi connectivity index (χ1v) is 6.90. The van der Waals surface area contributed by atoms with Gasteiger partial charge in [0, 0.05) is 8.95 Å². The monoisotopic (exact) mass is 377 g/mol. The van der Waals surface area contributed by atoms with Crippen molar-refractivity contribution in [3.05, 3.63) is 32.7 Å². The fourth-order valence-electron chi connectivity index (χ4n) is 1.41. The molecular formula is C12H13Br2NO3. The van der Waals surface area contributed by atoms with Gasteiger partial charge in [0.25, 0.3) is 5.91 Å². The molecule has 2 N–H and O–H groups in total. The van der Waals surface area contributed by atoms with Gasteiger partial charge in [-0.1, -0.05) is 29.8 Å². The van der Waals surface area contributed by atoms with Gasteiger partial charge in [0.2, 0.25) is 0 Å². The number of halogens is 2. The average molecular weight is 379 g/mol. The third-order valence-electron chi connectivity index (χ3n) is 2.40. The Bertz CT molecular complexity index is 474. The predicted molar refractivity (Wildman–Crippen MR) is 75.6 cm³/mol. The maximum absolute atomic E-state index is 12.0. The lowest BCUT2D eigenvalue weighted by atomic mass is 10.0. The Hall–Kier alpha value is -0.880. The van der Waals surface area contributed by atoms with Crippen LogP contribution in [0.3, 0.4) is 0 Å². The van der Waals surface area contributed by atoms with Crippen LogP contribution in [0.25, 0.3) is 0 Å². The van der Waals surface area contributed by atoms with Gasteiger partial charge in [-0.3, -0.25) is 4.79 Å². The van der Waals surface area contributed by atoms with Gasteiger partial charge in [-0.15, -0.1) is 0 Å². The van der Waals surface area contributed by atoms with Crippen molar-refractivity contribution in [3.8, 4) is 0 Å². The summed E-state index contributed by atoms with van der Waals surface area (Å²) in [5.41, 5.74) is 0.408. The molecule has 0 heterocycles. The summed E-state index contributed by atoms with van der Waals surface area (Å²) in [6.07, 6.45) is 0. The Morgan fingerprint density at radius 3 is 2.33 bits per heavy atom.